The molecule has 0 aliphatic heterocycles. The Bertz CT molecular complexity index is 706. The van der Waals surface area contributed by atoms with Crippen molar-refractivity contribution in [2.75, 3.05) is 14.2 Å². The van der Waals surface area contributed by atoms with Crippen LogP contribution in [0.15, 0.2) is 42.5 Å². The number of methoxy groups -OCH3 is 2. The molecule has 0 amide bonds. The van der Waals surface area contributed by atoms with Crippen LogP contribution in [0.2, 0.25) is 5.02 Å². The summed E-state index contributed by atoms with van der Waals surface area (Å²) in [5.41, 5.74) is 0.525. The molecule has 0 N–H and O–H groups in total. The van der Waals surface area contributed by atoms with Gasteiger partial charge in [0.1, 0.15) is 17.3 Å². The summed E-state index contributed by atoms with van der Waals surface area (Å²) in [6.45, 7) is 0. The summed E-state index contributed by atoms with van der Waals surface area (Å²) in [5, 5.41) is 0.241. The van der Waals surface area contributed by atoms with E-state index >= 15 is 0 Å². The molecule has 0 aliphatic rings. The Kier molecular flexibility index (Phi) is 5.17. The molecule has 5 heteroatoms. The fraction of sp³-hybridized carbons (Fsp3) is 0.118. The highest BCUT2D eigenvalue weighted by Crippen LogP contribution is 2.26. The van der Waals surface area contributed by atoms with E-state index in [2.05, 4.69) is 0 Å². The first-order valence-electron chi connectivity index (χ1n) is 6.45. The standard InChI is InChI=1S/C17H14ClFO3/c1-21-11-6-7-13(17(10-11)22-2)16(20)9-8-12-14(18)4-3-5-15(12)19/h3-10H,1-2H3/b9-8-. The van der Waals surface area contributed by atoms with Crippen molar-refractivity contribution >= 4 is 23.5 Å². The Hall–Kier alpha value is -2.33. The molecule has 2 aromatic carbocycles. The summed E-state index contributed by atoms with van der Waals surface area (Å²) in [6.07, 6.45) is 2.61. The van der Waals surface area contributed by atoms with E-state index in [-0.39, 0.29) is 16.4 Å². The summed E-state index contributed by atoms with van der Waals surface area (Å²) < 4.78 is 23.9. The first kappa shape index (κ1) is 16.0. The van der Waals surface area contributed by atoms with Crippen molar-refractivity contribution in [3.8, 4) is 11.5 Å². The van der Waals surface area contributed by atoms with Crippen molar-refractivity contribution in [3.63, 3.8) is 0 Å². The zero-order chi connectivity index (χ0) is 16.1. The van der Waals surface area contributed by atoms with E-state index in [9.17, 15) is 9.18 Å². The smallest absolute Gasteiger partial charge is 0.189 e. The van der Waals surface area contributed by atoms with Gasteiger partial charge in [0.15, 0.2) is 5.78 Å². The van der Waals surface area contributed by atoms with E-state index < -0.39 is 5.82 Å². The van der Waals surface area contributed by atoms with Crippen molar-refractivity contribution in [2.45, 2.75) is 0 Å². The average Bonchev–Trinajstić information content (AvgIpc) is 2.53. The number of carbonyl (C=O) groups is 1. The van der Waals surface area contributed by atoms with Gasteiger partial charge >= 0.3 is 0 Å². The van der Waals surface area contributed by atoms with Crippen molar-refractivity contribution in [1.29, 1.82) is 0 Å². The molecule has 0 unspecified atom stereocenters. The summed E-state index contributed by atoms with van der Waals surface area (Å²) >= 11 is 5.91. The Balaban J connectivity index is 2.31. The third kappa shape index (κ3) is 3.46. The fourth-order valence-electron chi connectivity index (χ4n) is 1.92. The average molecular weight is 321 g/mol. The maximum Gasteiger partial charge on any atom is 0.189 e. The monoisotopic (exact) mass is 320 g/mol. The molecule has 0 spiro atoms. The molecule has 2 aromatic rings. The Morgan fingerprint density at radius 2 is 1.95 bits per heavy atom. The second kappa shape index (κ2) is 7.09. The lowest BCUT2D eigenvalue weighted by Gasteiger charge is -2.08. The van der Waals surface area contributed by atoms with Gasteiger partial charge < -0.3 is 9.47 Å². The Morgan fingerprint density at radius 1 is 1.18 bits per heavy atom. The van der Waals surface area contributed by atoms with Gasteiger partial charge in [-0.3, -0.25) is 4.79 Å². The minimum absolute atomic E-state index is 0.171. The minimum Gasteiger partial charge on any atom is -0.497 e. The fourth-order valence-corrected chi connectivity index (χ4v) is 2.15. The molecule has 0 bridgehead atoms. The lowest BCUT2D eigenvalue weighted by atomic mass is 10.1. The van der Waals surface area contributed by atoms with Crippen LogP contribution in [0.5, 0.6) is 11.5 Å². The number of benzene rings is 2. The number of allylic oxidation sites excluding steroid dienone is 1. The van der Waals surface area contributed by atoms with Gasteiger partial charge in [0.25, 0.3) is 0 Å². The van der Waals surface area contributed by atoms with Crippen LogP contribution in [-0.4, -0.2) is 20.0 Å². The summed E-state index contributed by atoms with van der Waals surface area (Å²) in [7, 11) is 2.99. The van der Waals surface area contributed by atoms with Crippen LogP contribution in [0.25, 0.3) is 6.08 Å². The van der Waals surface area contributed by atoms with Gasteiger partial charge in [0, 0.05) is 11.6 Å². The number of hydrogen-bond acceptors (Lipinski definition) is 3. The van der Waals surface area contributed by atoms with E-state index in [1.807, 2.05) is 0 Å². The van der Waals surface area contributed by atoms with Crippen molar-refractivity contribution in [3.05, 3.63) is 64.4 Å². The number of halogens is 2. The third-order valence-electron chi connectivity index (χ3n) is 3.08. The van der Waals surface area contributed by atoms with Gasteiger partial charge in [-0.25, -0.2) is 4.39 Å². The van der Waals surface area contributed by atoms with Crippen LogP contribution in [0.4, 0.5) is 4.39 Å². The minimum atomic E-state index is -0.488. The van der Waals surface area contributed by atoms with Gasteiger partial charge in [-0.05, 0) is 36.4 Å². The van der Waals surface area contributed by atoms with Crippen LogP contribution in [0, 0.1) is 5.82 Å². The molecule has 114 valence electrons. The van der Waals surface area contributed by atoms with Crippen LogP contribution in [0.1, 0.15) is 15.9 Å². The normalized spacial score (nSPS) is 10.7. The highest BCUT2D eigenvalue weighted by atomic mass is 35.5. The molecule has 22 heavy (non-hydrogen) atoms. The molecule has 3 nitrogen and oxygen atoms in total. The van der Waals surface area contributed by atoms with Gasteiger partial charge in [-0.2, -0.15) is 0 Å². The van der Waals surface area contributed by atoms with Crippen LogP contribution in [-0.2, 0) is 0 Å². The number of carbonyl (C=O) groups excluding carboxylic acids is 1. The highest BCUT2D eigenvalue weighted by molar-refractivity contribution is 6.32. The lowest BCUT2D eigenvalue weighted by molar-refractivity contribution is 0.104. The van der Waals surface area contributed by atoms with E-state index in [1.165, 1.54) is 38.5 Å². The molecule has 0 radical (unpaired) electrons. The predicted molar refractivity (Wildman–Crippen MR) is 84.3 cm³/mol. The van der Waals surface area contributed by atoms with E-state index in [0.717, 1.165) is 0 Å². The van der Waals surface area contributed by atoms with E-state index in [4.69, 9.17) is 21.1 Å². The number of ether oxygens (including phenoxy) is 2. The van der Waals surface area contributed by atoms with Crippen LogP contribution >= 0.6 is 11.6 Å². The van der Waals surface area contributed by atoms with Gasteiger partial charge in [-0.1, -0.05) is 17.7 Å². The quantitative estimate of drug-likeness (QED) is 0.605. The SMILES string of the molecule is COc1ccc(C(=O)/C=C\c2c(F)cccc2Cl)c(OC)c1. The second-order valence-corrected chi connectivity index (χ2v) is 4.81. The van der Waals surface area contributed by atoms with Crippen molar-refractivity contribution in [1.82, 2.24) is 0 Å². The Labute approximate surface area is 132 Å². The lowest BCUT2D eigenvalue weighted by Crippen LogP contribution is -1.99. The molecule has 0 saturated carbocycles. The second-order valence-electron chi connectivity index (χ2n) is 4.40. The Morgan fingerprint density at radius 3 is 2.59 bits per heavy atom. The largest absolute Gasteiger partial charge is 0.497 e. The van der Waals surface area contributed by atoms with Gasteiger partial charge in [0.2, 0.25) is 0 Å². The maximum atomic E-state index is 13.7. The van der Waals surface area contributed by atoms with Gasteiger partial charge in [-0.15, -0.1) is 0 Å². The molecule has 0 heterocycles. The topological polar surface area (TPSA) is 35.5 Å². The number of rotatable bonds is 5. The van der Waals surface area contributed by atoms with Crippen LogP contribution in [0.3, 0.4) is 0 Å². The van der Waals surface area contributed by atoms with Crippen molar-refractivity contribution in [2.24, 2.45) is 0 Å². The predicted octanol–water partition coefficient (Wildman–Crippen LogP) is 4.39. The molecule has 0 saturated heterocycles. The summed E-state index contributed by atoms with van der Waals surface area (Å²) in [4.78, 5) is 12.2. The molecular weight excluding hydrogens is 307 g/mol. The van der Waals surface area contributed by atoms with Gasteiger partial charge in [0.05, 0.1) is 24.8 Å². The zero-order valence-corrected chi connectivity index (χ0v) is 12.9. The van der Waals surface area contributed by atoms with E-state index in [0.29, 0.717) is 17.1 Å². The molecule has 0 fully saturated rings. The zero-order valence-electron chi connectivity index (χ0n) is 12.1. The highest BCUT2D eigenvalue weighted by Gasteiger charge is 2.11. The van der Waals surface area contributed by atoms with Crippen LogP contribution < -0.4 is 9.47 Å². The summed E-state index contributed by atoms with van der Waals surface area (Å²) in [5.74, 6) is 0.153. The molecule has 0 aromatic heterocycles. The molecule has 0 atom stereocenters. The molecule has 0 aliphatic carbocycles. The molecule has 2 rings (SSSR count). The first-order chi connectivity index (χ1) is 10.6. The number of ketones is 1. The van der Waals surface area contributed by atoms with E-state index in [1.54, 1.807) is 24.3 Å². The maximum absolute atomic E-state index is 13.7. The first-order valence-corrected chi connectivity index (χ1v) is 6.83. The summed E-state index contributed by atoms with van der Waals surface area (Å²) in [6, 6.07) is 9.19. The third-order valence-corrected chi connectivity index (χ3v) is 3.40. The van der Waals surface area contributed by atoms with Crippen molar-refractivity contribution < 1.29 is 18.7 Å². The number of hydrogen-bond donors (Lipinski definition) is 0. The molecular formula is C17H14ClFO3.